The third-order valence-corrected chi connectivity index (χ3v) is 3.00. The Labute approximate surface area is 128 Å². The van der Waals surface area contributed by atoms with Gasteiger partial charge >= 0.3 is 0 Å². The highest BCUT2D eigenvalue weighted by atomic mass is 35.5. The van der Waals surface area contributed by atoms with Crippen molar-refractivity contribution in [2.45, 2.75) is 0 Å². The Bertz CT molecular complexity index is 622. The van der Waals surface area contributed by atoms with Crippen molar-refractivity contribution in [3.05, 3.63) is 64.7 Å². The molecule has 0 bridgehead atoms. The fourth-order valence-corrected chi connectivity index (χ4v) is 1.76. The van der Waals surface area contributed by atoms with E-state index < -0.39 is 0 Å². The molecule has 21 heavy (non-hydrogen) atoms. The SMILES string of the molecule is NNC(=O)COc1ccc(/C=C/c2ccc(Cl)cc2)cc1. The lowest BCUT2D eigenvalue weighted by Crippen LogP contribution is -2.34. The number of hydrogen-bond donors (Lipinski definition) is 2. The van der Waals surface area contributed by atoms with E-state index in [0.717, 1.165) is 16.1 Å². The van der Waals surface area contributed by atoms with Crippen LogP contribution < -0.4 is 16.0 Å². The van der Waals surface area contributed by atoms with E-state index in [-0.39, 0.29) is 12.5 Å². The van der Waals surface area contributed by atoms with Crippen LogP contribution in [0.15, 0.2) is 48.5 Å². The minimum absolute atomic E-state index is 0.101. The van der Waals surface area contributed by atoms with Crippen molar-refractivity contribution in [3.63, 3.8) is 0 Å². The number of amides is 1. The summed E-state index contributed by atoms with van der Waals surface area (Å²) in [5, 5.41) is 0.718. The first-order valence-corrected chi connectivity index (χ1v) is 6.71. The second-order valence-electron chi connectivity index (χ2n) is 4.31. The van der Waals surface area contributed by atoms with Gasteiger partial charge in [-0.1, -0.05) is 48.0 Å². The molecule has 5 heteroatoms. The minimum atomic E-state index is -0.373. The van der Waals surface area contributed by atoms with Crippen molar-refractivity contribution in [3.8, 4) is 5.75 Å². The maximum Gasteiger partial charge on any atom is 0.271 e. The summed E-state index contributed by atoms with van der Waals surface area (Å²) in [7, 11) is 0. The predicted octanol–water partition coefficient (Wildman–Crippen LogP) is 2.88. The topological polar surface area (TPSA) is 64.3 Å². The number of halogens is 1. The van der Waals surface area contributed by atoms with Crippen LogP contribution in [0.1, 0.15) is 11.1 Å². The normalized spacial score (nSPS) is 10.6. The van der Waals surface area contributed by atoms with Gasteiger partial charge in [-0.2, -0.15) is 0 Å². The number of hydrogen-bond acceptors (Lipinski definition) is 3. The number of hydrazine groups is 1. The van der Waals surface area contributed by atoms with Crippen LogP contribution >= 0.6 is 11.6 Å². The Morgan fingerprint density at radius 1 is 1.05 bits per heavy atom. The monoisotopic (exact) mass is 302 g/mol. The van der Waals surface area contributed by atoms with Gasteiger partial charge in [0.15, 0.2) is 6.61 Å². The summed E-state index contributed by atoms with van der Waals surface area (Å²) >= 11 is 5.83. The molecule has 0 atom stereocenters. The molecule has 2 aromatic carbocycles. The van der Waals surface area contributed by atoms with E-state index in [1.807, 2.05) is 54.0 Å². The van der Waals surface area contributed by atoms with Gasteiger partial charge in [0.25, 0.3) is 5.91 Å². The molecule has 2 aromatic rings. The quantitative estimate of drug-likeness (QED) is 0.386. The molecule has 3 N–H and O–H groups in total. The lowest BCUT2D eigenvalue weighted by Gasteiger charge is -2.04. The van der Waals surface area contributed by atoms with Crippen LogP contribution in [0, 0.1) is 0 Å². The van der Waals surface area contributed by atoms with Crippen molar-refractivity contribution in [1.29, 1.82) is 0 Å². The zero-order valence-electron chi connectivity index (χ0n) is 11.3. The summed E-state index contributed by atoms with van der Waals surface area (Å²) in [4.78, 5) is 11.0. The molecule has 0 saturated heterocycles. The van der Waals surface area contributed by atoms with Gasteiger partial charge in [-0.3, -0.25) is 10.2 Å². The number of nitrogens with two attached hydrogens (primary N) is 1. The standard InChI is InChI=1S/C16H15ClN2O2/c17-14-7-3-12(4-8-14)1-2-13-5-9-15(10-6-13)21-11-16(20)19-18/h1-10H,11,18H2,(H,19,20)/b2-1+. The highest BCUT2D eigenvalue weighted by Crippen LogP contribution is 2.15. The van der Waals surface area contributed by atoms with Crippen LogP contribution in [0.5, 0.6) is 5.75 Å². The van der Waals surface area contributed by atoms with E-state index in [9.17, 15) is 4.79 Å². The highest BCUT2D eigenvalue weighted by Gasteiger charge is 1.99. The van der Waals surface area contributed by atoms with Gasteiger partial charge in [-0.05, 0) is 35.4 Å². The van der Waals surface area contributed by atoms with Crippen molar-refractivity contribution in [1.82, 2.24) is 5.43 Å². The molecule has 0 aliphatic heterocycles. The number of benzene rings is 2. The lowest BCUT2D eigenvalue weighted by molar-refractivity contribution is -0.123. The molecule has 2 rings (SSSR count). The Morgan fingerprint density at radius 3 is 2.10 bits per heavy atom. The average molecular weight is 303 g/mol. The molecule has 0 aliphatic rings. The van der Waals surface area contributed by atoms with Crippen LogP contribution in [0.4, 0.5) is 0 Å². The molecule has 0 saturated carbocycles. The van der Waals surface area contributed by atoms with Crippen LogP contribution in [-0.2, 0) is 4.79 Å². The van der Waals surface area contributed by atoms with E-state index in [2.05, 4.69) is 0 Å². The number of ether oxygens (including phenoxy) is 1. The third kappa shape index (κ3) is 4.95. The molecule has 0 radical (unpaired) electrons. The van der Waals surface area contributed by atoms with Gasteiger partial charge in [-0.25, -0.2) is 5.84 Å². The minimum Gasteiger partial charge on any atom is -0.484 e. The summed E-state index contributed by atoms with van der Waals surface area (Å²) in [6.07, 6.45) is 3.98. The van der Waals surface area contributed by atoms with Crippen molar-refractivity contribution in [2.75, 3.05) is 6.61 Å². The van der Waals surface area contributed by atoms with Crippen LogP contribution in [0.2, 0.25) is 5.02 Å². The smallest absolute Gasteiger partial charge is 0.271 e. The maximum atomic E-state index is 11.0. The second-order valence-corrected chi connectivity index (χ2v) is 4.75. The fourth-order valence-electron chi connectivity index (χ4n) is 1.63. The molecular formula is C16H15ClN2O2. The van der Waals surface area contributed by atoms with Crippen molar-refractivity contribution in [2.24, 2.45) is 5.84 Å². The van der Waals surface area contributed by atoms with E-state index in [0.29, 0.717) is 5.75 Å². The summed E-state index contributed by atoms with van der Waals surface area (Å²) < 4.78 is 5.26. The lowest BCUT2D eigenvalue weighted by atomic mass is 10.1. The number of carbonyl (C=O) groups is 1. The summed E-state index contributed by atoms with van der Waals surface area (Å²) in [6, 6.07) is 15.0. The summed E-state index contributed by atoms with van der Waals surface area (Å²) in [6.45, 7) is -0.101. The van der Waals surface area contributed by atoms with Crippen LogP contribution in [0.3, 0.4) is 0 Å². The maximum absolute atomic E-state index is 11.0. The number of carbonyl (C=O) groups excluding carboxylic acids is 1. The van der Waals surface area contributed by atoms with Gasteiger partial charge in [0.2, 0.25) is 0 Å². The van der Waals surface area contributed by atoms with Crippen LogP contribution in [-0.4, -0.2) is 12.5 Å². The van der Waals surface area contributed by atoms with E-state index in [4.69, 9.17) is 22.2 Å². The van der Waals surface area contributed by atoms with Gasteiger partial charge in [0.1, 0.15) is 5.75 Å². The second kappa shape index (κ2) is 7.47. The van der Waals surface area contributed by atoms with Crippen LogP contribution in [0.25, 0.3) is 12.2 Å². The Kier molecular flexibility index (Phi) is 5.37. The molecule has 0 heterocycles. The largest absolute Gasteiger partial charge is 0.484 e. The average Bonchev–Trinajstić information content (AvgIpc) is 2.53. The molecule has 0 aromatic heterocycles. The zero-order chi connectivity index (χ0) is 15.1. The number of nitrogens with one attached hydrogen (secondary N) is 1. The fraction of sp³-hybridized carbons (Fsp3) is 0.0625. The first-order chi connectivity index (χ1) is 10.2. The van der Waals surface area contributed by atoms with Crippen molar-refractivity contribution >= 4 is 29.7 Å². The van der Waals surface area contributed by atoms with E-state index >= 15 is 0 Å². The van der Waals surface area contributed by atoms with Gasteiger partial charge in [0, 0.05) is 5.02 Å². The Hall–Kier alpha value is -2.30. The van der Waals surface area contributed by atoms with Gasteiger partial charge in [-0.15, -0.1) is 0 Å². The Morgan fingerprint density at radius 2 is 1.57 bits per heavy atom. The highest BCUT2D eigenvalue weighted by molar-refractivity contribution is 6.30. The summed E-state index contributed by atoms with van der Waals surface area (Å²) in [5.41, 5.74) is 4.10. The molecule has 4 nitrogen and oxygen atoms in total. The first-order valence-electron chi connectivity index (χ1n) is 6.33. The van der Waals surface area contributed by atoms with E-state index in [1.54, 1.807) is 12.1 Å². The molecule has 0 fully saturated rings. The molecule has 0 unspecified atom stereocenters. The number of rotatable bonds is 5. The molecule has 1 amide bonds. The first kappa shape index (κ1) is 15.1. The molecule has 108 valence electrons. The van der Waals surface area contributed by atoms with Gasteiger partial charge < -0.3 is 4.74 Å². The van der Waals surface area contributed by atoms with Gasteiger partial charge in [0.05, 0.1) is 0 Å². The molecular weight excluding hydrogens is 288 g/mol. The zero-order valence-corrected chi connectivity index (χ0v) is 12.0. The predicted molar refractivity (Wildman–Crippen MR) is 84.6 cm³/mol. The third-order valence-electron chi connectivity index (χ3n) is 2.75. The van der Waals surface area contributed by atoms with E-state index in [1.165, 1.54) is 0 Å². The van der Waals surface area contributed by atoms with Crippen molar-refractivity contribution < 1.29 is 9.53 Å². The summed E-state index contributed by atoms with van der Waals surface area (Å²) in [5.74, 6) is 5.21. The molecule has 0 spiro atoms. The molecule has 0 aliphatic carbocycles. The Balaban J connectivity index is 1.95.